The molecule has 1 amide bonds. The maximum Gasteiger partial charge on any atom is 0.246 e. The summed E-state index contributed by atoms with van der Waals surface area (Å²) in [5.41, 5.74) is 0.987. The van der Waals surface area contributed by atoms with Crippen LogP contribution in [0.15, 0.2) is 24.3 Å². The first kappa shape index (κ1) is 16.4. The van der Waals surface area contributed by atoms with Gasteiger partial charge in [0.05, 0.1) is 16.8 Å². The zero-order valence-corrected chi connectivity index (χ0v) is 14.3. The number of benzene rings is 1. The van der Waals surface area contributed by atoms with Gasteiger partial charge in [0.15, 0.2) is 0 Å². The number of hydrogen-bond acceptors (Lipinski definition) is 5. The maximum absolute atomic E-state index is 11.9. The molecular formula is C17H23N3O2S. The van der Waals surface area contributed by atoms with Gasteiger partial charge in [0.1, 0.15) is 11.6 Å². The lowest BCUT2D eigenvalue weighted by molar-refractivity contribution is -0.126. The molecule has 0 radical (unpaired) electrons. The maximum atomic E-state index is 11.9. The second kappa shape index (κ2) is 7.86. The van der Waals surface area contributed by atoms with Crippen LogP contribution in [0.5, 0.6) is 0 Å². The van der Waals surface area contributed by atoms with Crippen LogP contribution in [0.4, 0.5) is 0 Å². The Morgan fingerprint density at radius 3 is 3.17 bits per heavy atom. The van der Waals surface area contributed by atoms with E-state index in [1.807, 2.05) is 24.3 Å². The second-order valence-corrected chi connectivity index (χ2v) is 6.91. The number of amides is 1. The molecule has 6 heteroatoms. The summed E-state index contributed by atoms with van der Waals surface area (Å²) in [6.45, 7) is 5.56. The molecule has 3 rings (SSSR count). The Hall–Kier alpha value is -1.50. The lowest BCUT2D eigenvalue weighted by atomic mass is 10.2. The van der Waals surface area contributed by atoms with E-state index in [4.69, 9.17) is 4.74 Å². The summed E-state index contributed by atoms with van der Waals surface area (Å²) in [6, 6.07) is 8.49. The number of fused-ring (bicyclic) bond motifs is 1. The van der Waals surface area contributed by atoms with Crippen LogP contribution in [0.3, 0.4) is 0 Å². The van der Waals surface area contributed by atoms with Crippen LogP contribution < -0.4 is 5.32 Å². The molecule has 1 atom stereocenters. The fourth-order valence-corrected chi connectivity index (χ4v) is 3.94. The molecule has 1 aromatic heterocycles. The predicted molar refractivity (Wildman–Crippen MR) is 92.6 cm³/mol. The summed E-state index contributed by atoms with van der Waals surface area (Å²) in [5.74, 6) is -0.0472. The fourth-order valence-electron chi connectivity index (χ4n) is 3.04. The van der Waals surface area contributed by atoms with Crippen LogP contribution in [-0.4, -0.2) is 48.1 Å². The smallest absolute Gasteiger partial charge is 0.246 e. The fraction of sp³-hybridized carbons (Fsp3) is 0.529. The van der Waals surface area contributed by atoms with Gasteiger partial charge in [-0.1, -0.05) is 19.1 Å². The number of nitrogens with zero attached hydrogens (tertiary/aromatic N) is 2. The zero-order chi connectivity index (χ0) is 16.1. The molecule has 0 spiro atoms. The van der Waals surface area contributed by atoms with Crippen molar-refractivity contribution in [2.45, 2.75) is 32.4 Å². The van der Waals surface area contributed by atoms with Gasteiger partial charge in [-0.3, -0.25) is 9.69 Å². The Bertz CT molecular complexity index is 625. The Labute approximate surface area is 140 Å². The summed E-state index contributed by atoms with van der Waals surface area (Å²) in [6.07, 6.45) is 2.39. The van der Waals surface area contributed by atoms with E-state index in [-0.39, 0.29) is 12.5 Å². The molecule has 1 unspecified atom stereocenters. The molecule has 0 saturated carbocycles. The molecule has 1 N–H and O–H groups in total. The number of ether oxygens (including phenoxy) is 1. The van der Waals surface area contributed by atoms with Crippen molar-refractivity contribution in [1.82, 2.24) is 15.2 Å². The number of para-hydroxylation sites is 1. The molecule has 1 aromatic carbocycles. The average Bonchev–Trinajstić information content (AvgIpc) is 3.18. The van der Waals surface area contributed by atoms with E-state index in [0.29, 0.717) is 12.6 Å². The quantitative estimate of drug-likeness (QED) is 0.845. The number of hydrogen-bond donors (Lipinski definition) is 1. The normalized spacial score (nSPS) is 18.6. The number of likely N-dealkylation sites (tertiary alicyclic amines) is 1. The second-order valence-electron chi connectivity index (χ2n) is 5.80. The van der Waals surface area contributed by atoms with Gasteiger partial charge in [0.2, 0.25) is 5.91 Å². The minimum atomic E-state index is -0.0472. The van der Waals surface area contributed by atoms with E-state index >= 15 is 0 Å². The number of rotatable bonds is 7. The molecule has 1 aliphatic rings. The highest BCUT2D eigenvalue weighted by molar-refractivity contribution is 7.18. The van der Waals surface area contributed by atoms with Crippen molar-refractivity contribution in [3.05, 3.63) is 29.3 Å². The number of likely N-dealkylation sites (N-methyl/N-ethyl adjacent to an activating group) is 1. The van der Waals surface area contributed by atoms with E-state index in [2.05, 4.69) is 22.1 Å². The Balaban J connectivity index is 1.39. The van der Waals surface area contributed by atoms with E-state index < -0.39 is 0 Å². The molecule has 124 valence electrons. The summed E-state index contributed by atoms with van der Waals surface area (Å²) >= 11 is 1.61. The van der Waals surface area contributed by atoms with Gasteiger partial charge in [-0.15, -0.1) is 11.3 Å². The van der Waals surface area contributed by atoms with Crippen LogP contribution in [0.25, 0.3) is 10.2 Å². The largest absolute Gasteiger partial charge is 0.364 e. The van der Waals surface area contributed by atoms with Gasteiger partial charge >= 0.3 is 0 Å². The molecule has 1 fully saturated rings. The van der Waals surface area contributed by atoms with E-state index in [9.17, 15) is 4.79 Å². The van der Waals surface area contributed by atoms with Gasteiger partial charge in [0, 0.05) is 12.6 Å². The molecular weight excluding hydrogens is 310 g/mol. The summed E-state index contributed by atoms with van der Waals surface area (Å²) in [4.78, 5) is 18.8. The lowest BCUT2D eigenvalue weighted by Gasteiger charge is -2.22. The van der Waals surface area contributed by atoms with Crippen molar-refractivity contribution in [2.24, 2.45) is 0 Å². The van der Waals surface area contributed by atoms with Gasteiger partial charge < -0.3 is 10.1 Å². The molecule has 2 aromatic rings. The molecule has 0 bridgehead atoms. The summed E-state index contributed by atoms with van der Waals surface area (Å²) in [5, 5.41) is 3.89. The third-order valence-electron chi connectivity index (χ3n) is 4.24. The van der Waals surface area contributed by atoms with Crippen molar-refractivity contribution in [2.75, 3.05) is 26.2 Å². The Morgan fingerprint density at radius 1 is 1.48 bits per heavy atom. The molecule has 23 heavy (non-hydrogen) atoms. The highest BCUT2D eigenvalue weighted by atomic mass is 32.1. The predicted octanol–water partition coefficient (Wildman–Crippen LogP) is 2.41. The minimum absolute atomic E-state index is 0.0472. The van der Waals surface area contributed by atoms with E-state index in [0.717, 1.165) is 34.9 Å². The van der Waals surface area contributed by atoms with Gasteiger partial charge in [-0.05, 0) is 38.1 Å². The van der Waals surface area contributed by atoms with Crippen LogP contribution in [-0.2, 0) is 16.1 Å². The van der Waals surface area contributed by atoms with Gasteiger partial charge in [0.25, 0.3) is 0 Å². The molecule has 5 nitrogen and oxygen atoms in total. The third-order valence-corrected chi connectivity index (χ3v) is 5.25. The van der Waals surface area contributed by atoms with Crippen molar-refractivity contribution in [3.8, 4) is 0 Å². The molecule has 0 aliphatic carbocycles. The number of carbonyl (C=O) groups is 1. The van der Waals surface area contributed by atoms with Crippen LogP contribution in [0.1, 0.15) is 24.8 Å². The van der Waals surface area contributed by atoms with Crippen LogP contribution in [0.2, 0.25) is 0 Å². The van der Waals surface area contributed by atoms with Crippen molar-refractivity contribution < 1.29 is 9.53 Å². The van der Waals surface area contributed by atoms with Gasteiger partial charge in [-0.2, -0.15) is 0 Å². The SMILES string of the molecule is CCN1CCCC1CNC(=O)COCc1nc2ccccc2s1. The first-order valence-corrected chi connectivity index (χ1v) is 9.01. The number of carbonyl (C=O) groups excluding carboxylic acids is 1. The number of nitrogens with one attached hydrogen (secondary N) is 1. The van der Waals surface area contributed by atoms with Crippen LogP contribution >= 0.6 is 11.3 Å². The van der Waals surface area contributed by atoms with Crippen molar-refractivity contribution >= 4 is 27.5 Å². The monoisotopic (exact) mass is 333 g/mol. The molecule has 1 saturated heterocycles. The highest BCUT2D eigenvalue weighted by Crippen LogP contribution is 2.21. The van der Waals surface area contributed by atoms with Crippen molar-refractivity contribution in [3.63, 3.8) is 0 Å². The third kappa shape index (κ3) is 4.28. The van der Waals surface area contributed by atoms with Crippen LogP contribution in [0, 0.1) is 0 Å². The lowest BCUT2D eigenvalue weighted by Crippen LogP contribution is -2.41. The molecule has 1 aliphatic heterocycles. The Kier molecular flexibility index (Phi) is 5.59. The Morgan fingerprint density at radius 2 is 2.35 bits per heavy atom. The van der Waals surface area contributed by atoms with Gasteiger partial charge in [-0.25, -0.2) is 4.98 Å². The minimum Gasteiger partial charge on any atom is -0.364 e. The first-order chi connectivity index (χ1) is 11.3. The summed E-state index contributed by atoms with van der Waals surface area (Å²) in [7, 11) is 0. The zero-order valence-electron chi connectivity index (χ0n) is 13.5. The van der Waals surface area contributed by atoms with E-state index in [1.54, 1.807) is 11.3 Å². The van der Waals surface area contributed by atoms with E-state index in [1.165, 1.54) is 12.8 Å². The van der Waals surface area contributed by atoms with Crippen molar-refractivity contribution in [1.29, 1.82) is 0 Å². The standard InChI is InChI=1S/C17H23N3O2S/c1-2-20-9-5-6-13(20)10-18-16(21)11-22-12-17-19-14-7-3-4-8-15(14)23-17/h3-4,7-8,13H,2,5-6,9-12H2,1H3,(H,18,21). The number of thiazole rings is 1. The number of aromatic nitrogens is 1. The molecule has 2 heterocycles. The first-order valence-electron chi connectivity index (χ1n) is 8.19. The average molecular weight is 333 g/mol. The summed E-state index contributed by atoms with van der Waals surface area (Å²) < 4.78 is 6.65. The topological polar surface area (TPSA) is 54.5 Å². The highest BCUT2D eigenvalue weighted by Gasteiger charge is 2.23.